The number of halogens is 2. The van der Waals surface area contributed by atoms with Crippen molar-refractivity contribution in [2.24, 2.45) is 5.14 Å². The minimum absolute atomic E-state index is 0.300. The van der Waals surface area contributed by atoms with Crippen molar-refractivity contribution in [1.29, 1.82) is 0 Å². The minimum atomic E-state index is -4.03. The Morgan fingerprint density at radius 2 is 1.84 bits per heavy atom. The predicted molar refractivity (Wildman–Crippen MR) is 96.2 cm³/mol. The van der Waals surface area contributed by atoms with Gasteiger partial charge in [-0.3, -0.25) is 4.98 Å². The molecule has 0 amide bonds. The van der Waals surface area contributed by atoms with Gasteiger partial charge in [-0.05, 0) is 54.4 Å². The van der Waals surface area contributed by atoms with Crippen LogP contribution in [-0.4, -0.2) is 13.4 Å². The molecule has 2 aromatic carbocycles. The average Bonchev–Trinajstić information content (AvgIpc) is 2.56. The third-order valence-corrected chi connectivity index (χ3v) is 5.07. The highest BCUT2D eigenvalue weighted by atomic mass is 35.5. The molecule has 0 aliphatic rings. The van der Waals surface area contributed by atoms with Gasteiger partial charge >= 0.3 is 0 Å². The van der Waals surface area contributed by atoms with Gasteiger partial charge in [-0.25, -0.2) is 17.9 Å². The van der Waals surface area contributed by atoms with Crippen molar-refractivity contribution in [2.45, 2.75) is 11.8 Å². The molecule has 1 heterocycles. The zero-order valence-corrected chi connectivity index (χ0v) is 14.8. The van der Waals surface area contributed by atoms with E-state index in [1.807, 2.05) is 25.1 Å². The first kappa shape index (κ1) is 17.5. The van der Waals surface area contributed by atoms with Crippen molar-refractivity contribution < 1.29 is 12.8 Å². The van der Waals surface area contributed by atoms with Crippen LogP contribution in [0.4, 0.5) is 4.39 Å². The monoisotopic (exact) mass is 376 g/mol. The van der Waals surface area contributed by atoms with Gasteiger partial charge in [-0.2, -0.15) is 0 Å². The third-order valence-electron chi connectivity index (χ3n) is 3.75. The molecule has 0 radical (unpaired) electrons. The second-order valence-electron chi connectivity index (χ2n) is 5.58. The maximum atomic E-state index is 13.9. The molecule has 4 nitrogen and oxygen atoms in total. The summed E-state index contributed by atoms with van der Waals surface area (Å²) in [5, 5.41) is 5.76. The molecule has 0 aliphatic carbocycles. The van der Waals surface area contributed by atoms with E-state index in [0.717, 1.165) is 22.8 Å². The number of pyridine rings is 1. The molecule has 1 aromatic heterocycles. The van der Waals surface area contributed by atoms with Crippen LogP contribution in [-0.2, 0) is 10.0 Å². The lowest BCUT2D eigenvalue weighted by molar-refractivity contribution is 0.592. The first-order chi connectivity index (χ1) is 11.8. The molecule has 128 valence electrons. The lowest BCUT2D eigenvalue weighted by Gasteiger charge is -2.11. The van der Waals surface area contributed by atoms with Gasteiger partial charge in [0.2, 0.25) is 10.0 Å². The zero-order chi connectivity index (χ0) is 18.2. The normalized spacial score (nSPS) is 11.5. The molecule has 0 unspecified atom stereocenters. The van der Waals surface area contributed by atoms with Crippen LogP contribution in [0.15, 0.2) is 59.6 Å². The second kappa shape index (κ2) is 6.55. The summed E-state index contributed by atoms with van der Waals surface area (Å²) in [5.74, 6) is -0.703. The van der Waals surface area contributed by atoms with Crippen LogP contribution < -0.4 is 5.14 Å². The number of nitrogens with zero attached hydrogens (tertiary/aromatic N) is 1. The Hall–Kier alpha value is -2.28. The first-order valence-electron chi connectivity index (χ1n) is 7.31. The number of aryl methyl sites for hydroxylation is 1. The van der Waals surface area contributed by atoms with Gasteiger partial charge in [0.15, 0.2) is 0 Å². The maximum Gasteiger partial charge on any atom is 0.238 e. The summed E-state index contributed by atoms with van der Waals surface area (Å²) in [6, 6.07) is 12.5. The molecule has 0 spiro atoms. The Balaban J connectivity index is 2.23. The quantitative estimate of drug-likeness (QED) is 0.745. The molecule has 0 saturated heterocycles. The fourth-order valence-electron chi connectivity index (χ4n) is 2.54. The van der Waals surface area contributed by atoms with Crippen LogP contribution in [0.1, 0.15) is 5.56 Å². The number of hydrogen-bond acceptors (Lipinski definition) is 3. The van der Waals surface area contributed by atoms with Gasteiger partial charge in [-0.1, -0.05) is 23.7 Å². The Morgan fingerprint density at radius 3 is 2.52 bits per heavy atom. The van der Waals surface area contributed by atoms with E-state index >= 15 is 0 Å². The topological polar surface area (TPSA) is 73.0 Å². The summed E-state index contributed by atoms with van der Waals surface area (Å²) < 4.78 is 37.1. The number of benzene rings is 2. The molecule has 0 atom stereocenters. The minimum Gasteiger partial charge on any atom is -0.256 e. The molecular weight excluding hydrogens is 363 g/mol. The molecular formula is C18H14ClFN2O2S. The maximum absolute atomic E-state index is 13.9. The summed E-state index contributed by atoms with van der Waals surface area (Å²) in [7, 11) is -4.03. The summed E-state index contributed by atoms with van der Waals surface area (Å²) >= 11 is 6.07. The first-order valence-corrected chi connectivity index (χ1v) is 9.23. The lowest BCUT2D eigenvalue weighted by atomic mass is 9.98. The predicted octanol–water partition coefficient (Wildman–Crippen LogP) is 4.16. The van der Waals surface area contributed by atoms with Crippen molar-refractivity contribution in [2.75, 3.05) is 0 Å². The number of primary sulfonamides is 1. The van der Waals surface area contributed by atoms with Crippen LogP contribution in [0.2, 0.25) is 5.02 Å². The van der Waals surface area contributed by atoms with E-state index in [-0.39, 0.29) is 4.90 Å². The number of hydrogen-bond donors (Lipinski definition) is 1. The Labute approximate surface area is 150 Å². The van der Waals surface area contributed by atoms with Crippen LogP contribution in [0.5, 0.6) is 0 Å². The van der Waals surface area contributed by atoms with Crippen molar-refractivity contribution in [1.82, 2.24) is 4.98 Å². The summed E-state index contributed by atoms with van der Waals surface area (Å²) in [6.07, 6.45) is 1.56. The lowest BCUT2D eigenvalue weighted by Crippen LogP contribution is -2.12. The smallest absolute Gasteiger partial charge is 0.238 e. The molecule has 0 aliphatic heterocycles. The van der Waals surface area contributed by atoms with Crippen molar-refractivity contribution >= 4 is 21.6 Å². The van der Waals surface area contributed by atoms with Crippen LogP contribution >= 0.6 is 11.6 Å². The number of sulfonamides is 1. The molecule has 3 aromatic rings. The fraction of sp³-hybridized carbons (Fsp3) is 0.0556. The zero-order valence-electron chi connectivity index (χ0n) is 13.2. The molecule has 3 rings (SSSR count). The summed E-state index contributed by atoms with van der Waals surface area (Å²) in [6.45, 7) is 1.88. The molecule has 2 N–H and O–H groups in total. The highest BCUT2D eigenvalue weighted by Gasteiger charge is 2.15. The molecule has 25 heavy (non-hydrogen) atoms. The third kappa shape index (κ3) is 3.71. The van der Waals surface area contributed by atoms with E-state index in [4.69, 9.17) is 16.7 Å². The van der Waals surface area contributed by atoms with Crippen molar-refractivity contribution in [3.8, 4) is 22.4 Å². The number of rotatable bonds is 3. The van der Waals surface area contributed by atoms with Gasteiger partial charge in [0, 0.05) is 22.3 Å². The Bertz CT molecular complexity index is 1070. The van der Waals surface area contributed by atoms with E-state index < -0.39 is 15.8 Å². The molecule has 7 heteroatoms. The van der Waals surface area contributed by atoms with E-state index in [9.17, 15) is 12.8 Å². The van der Waals surface area contributed by atoms with E-state index in [2.05, 4.69) is 4.98 Å². The highest BCUT2D eigenvalue weighted by Crippen LogP contribution is 2.33. The summed E-state index contributed by atoms with van der Waals surface area (Å²) in [5.41, 5.74) is 3.24. The average molecular weight is 377 g/mol. The van der Waals surface area contributed by atoms with Crippen molar-refractivity contribution in [3.63, 3.8) is 0 Å². The number of nitrogens with two attached hydrogens (primary N) is 1. The molecule has 0 fully saturated rings. The highest BCUT2D eigenvalue weighted by molar-refractivity contribution is 7.89. The largest absolute Gasteiger partial charge is 0.256 e. The van der Waals surface area contributed by atoms with E-state index in [1.165, 1.54) is 12.1 Å². The van der Waals surface area contributed by atoms with Gasteiger partial charge in [0.05, 0.1) is 10.6 Å². The van der Waals surface area contributed by atoms with Crippen molar-refractivity contribution in [3.05, 3.63) is 71.1 Å². The number of aromatic nitrogens is 1. The van der Waals surface area contributed by atoms with Gasteiger partial charge in [0.1, 0.15) is 5.82 Å². The molecule has 0 bridgehead atoms. The van der Waals surface area contributed by atoms with Gasteiger partial charge in [-0.15, -0.1) is 0 Å². The van der Waals surface area contributed by atoms with Crippen LogP contribution in [0, 0.1) is 12.7 Å². The standard InChI is InChI=1S/C18H14ClFN2O2S/c1-11-7-12(4-5-17(11)19)16-3-2-6-22-18(16)13-8-14(20)10-15(9-13)25(21,23)24/h2-10H,1H3,(H2,21,23,24). The SMILES string of the molecule is Cc1cc(-c2cccnc2-c2cc(F)cc(S(N)(=O)=O)c2)ccc1Cl. The second-order valence-corrected chi connectivity index (χ2v) is 7.55. The Kier molecular flexibility index (Phi) is 4.60. The Morgan fingerprint density at radius 1 is 1.08 bits per heavy atom. The van der Waals surface area contributed by atoms with Crippen LogP contribution in [0.25, 0.3) is 22.4 Å². The van der Waals surface area contributed by atoms with Gasteiger partial charge in [0.25, 0.3) is 0 Å². The molecule has 0 saturated carbocycles. The van der Waals surface area contributed by atoms with E-state index in [1.54, 1.807) is 18.3 Å². The van der Waals surface area contributed by atoms with Gasteiger partial charge < -0.3 is 0 Å². The fourth-order valence-corrected chi connectivity index (χ4v) is 3.23. The summed E-state index contributed by atoms with van der Waals surface area (Å²) in [4.78, 5) is 4.01. The van der Waals surface area contributed by atoms with Crippen LogP contribution in [0.3, 0.4) is 0 Å². The van der Waals surface area contributed by atoms with E-state index in [0.29, 0.717) is 16.3 Å².